The minimum absolute atomic E-state index is 0.0474. The van der Waals surface area contributed by atoms with Crippen LogP contribution in [-0.4, -0.2) is 47.2 Å². The van der Waals surface area contributed by atoms with E-state index in [0.29, 0.717) is 19.0 Å². The first-order chi connectivity index (χ1) is 11.3. The molecule has 0 N–H and O–H groups in total. The van der Waals surface area contributed by atoms with Gasteiger partial charge in [0.2, 0.25) is 5.88 Å². The molecule has 1 amide bonds. The van der Waals surface area contributed by atoms with Crippen molar-refractivity contribution < 1.29 is 14.3 Å². The molecule has 1 saturated carbocycles. The van der Waals surface area contributed by atoms with Crippen molar-refractivity contribution in [2.45, 2.75) is 31.1 Å². The summed E-state index contributed by atoms with van der Waals surface area (Å²) in [6.45, 7) is 1.20. The van der Waals surface area contributed by atoms with Crippen molar-refractivity contribution >= 4 is 17.2 Å². The minimum atomic E-state index is -0.0744. The number of pyridine rings is 1. The summed E-state index contributed by atoms with van der Waals surface area (Å²) in [5, 5.41) is 1.94. The van der Waals surface area contributed by atoms with Crippen molar-refractivity contribution in [2.24, 2.45) is 0 Å². The number of nitrogens with zero attached hydrogens (tertiary/aromatic N) is 2. The summed E-state index contributed by atoms with van der Waals surface area (Å²) < 4.78 is 11.9. The van der Waals surface area contributed by atoms with E-state index in [1.807, 2.05) is 40.6 Å². The van der Waals surface area contributed by atoms with Gasteiger partial charge in [0.25, 0.3) is 5.91 Å². The van der Waals surface area contributed by atoms with Gasteiger partial charge < -0.3 is 14.4 Å². The number of carbonyl (C=O) groups excluding carboxylic acids is 1. The van der Waals surface area contributed by atoms with E-state index in [2.05, 4.69) is 4.98 Å². The van der Waals surface area contributed by atoms with Crippen molar-refractivity contribution in [1.29, 1.82) is 0 Å². The van der Waals surface area contributed by atoms with Crippen LogP contribution < -0.4 is 4.74 Å². The van der Waals surface area contributed by atoms with Crippen LogP contribution in [0.25, 0.3) is 0 Å². The fraction of sp³-hybridized carbons (Fsp3) is 0.412. The quantitative estimate of drug-likeness (QED) is 0.868. The summed E-state index contributed by atoms with van der Waals surface area (Å²) in [5.74, 6) is 0.722. The average molecular weight is 330 g/mol. The maximum atomic E-state index is 12.7. The van der Waals surface area contributed by atoms with Gasteiger partial charge in [0.1, 0.15) is 12.2 Å². The van der Waals surface area contributed by atoms with Crippen LogP contribution in [0, 0.1) is 0 Å². The molecule has 2 aliphatic rings. The van der Waals surface area contributed by atoms with Crippen molar-refractivity contribution in [2.75, 3.05) is 13.2 Å². The Bertz CT molecular complexity index is 662. The molecule has 1 aliphatic heterocycles. The molecule has 120 valence electrons. The predicted octanol–water partition coefficient (Wildman–Crippen LogP) is 2.59. The number of hydrogen-bond acceptors (Lipinski definition) is 5. The molecule has 5 nitrogen and oxygen atoms in total. The molecule has 0 aromatic carbocycles. The molecular formula is C17H18N2O3S. The summed E-state index contributed by atoms with van der Waals surface area (Å²) >= 11 is 1.49. The number of amides is 1. The normalized spacial score (nSPS) is 26.8. The number of fused-ring (bicyclic) bond motifs is 1. The third-order valence-corrected chi connectivity index (χ3v) is 5.30. The molecule has 23 heavy (non-hydrogen) atoms. The highest BCUT2D eigenvalue weighted by Gasteiger charge is 2.46. The number of aromatic nitrogens is 1. The number of morpholine rings is 1. The standard InChI is InChI=1S/C17H18N2O3S/c20-17(14-4-3-11-23-14)19-9-10-21-16-12(19)6-7-13(16)22-15-5-1-2-8-18-15/h1-5,8,11-13,16H,6-7,9-10H2/t12-,13+,16+/m1/s1. The lowest BCUT2D eigenvalue weighted by atomic mass is 10.1. The van der Waals surface area contributed by atoms with E-state index in [-0.39, 0.29) is 24.2 Å². The summed E-state index contributed by atoms with van der Waals surface area (Å²) in [6, 6.07) is 9.51. The molecule has 6 heteroatoms. The zero-order chi connectivity index (χ0) is 15.6. The molecule has 3 atom stereocenters. The Morgan fingerprint density at radius 2 is 2.26 bits per heavy atom. The van der Waals surface area contributed by atoms with Crippen molar-refractivity contribution in [3.63, 3.8) is 0 Å². The highest BCUT2D eigenvalue weighted by molar-refractivity contribution is 7.12. The Balaban J connectivity index is 1.49. The molecule has 0 spiro atoms. The highest BCUT2D eigenvalue weighted by Crippen LogP contribution is 2.33. The van der Waals surface area contributed by atoms with Crippen LogP contribution in [0.3, 0.4) is 0 Å². The van der Waals surface area contributed by atoms with Gasteiger partial charge in [-0.25, -0.2) is 4.98 Å². The van der Waals surface area contributed by atoms with E-state index < -0.39 is 0 Å². The molecular weight excluding hydrogens is 312 g/mol. The van der Waals surface area contributed by atoms with Gasteiger partial charge in [0.15, 0.2) is 0 Å². The van der Waals surface area contributed by atoms with Crippen molar-refractivity contribution in [3.05, 3.63) is 46.8 Å². The van der Waals surface area contributed by atoms with E-state index in [1.165, 1.54) is 11.3 Å². The second kappa shape index (κ2) is 6.29. The van der Waals surface area contributed by atoms with Gasteiger partial charge in [-0.15, -0.1) is 11.3 Å². The smallest absolute Gasteiger partial charge is 0.264 e. The van der Waals surface area contributed by atoms with Crippen LogP contribution >= 0.6 is 11.3 Å². The first-order valence-electron chi connectivity index (χ1n) is 7.87. The zero-order valence-corrected chi connectivity index (χ0v) is 13.4. The number of hydrogen-bond donors (Lipinski definition) is 0. The van der Waals surface area contributed by atoms with Gasteiger partial charge in [-0.2, -0.15) is 0 Å². The second-order valence-corrected chi connectivity index (χ2v) is 6.73. The molecule has 2 fully saturated rings. The Morgan fingerprint density at radius 1 is 1.30 bits per heavy atom. The molecule has 0 bridgehead atoms. The molecule has 0 unspecified atom stereocenters. The van der Waals surface area contributed by atoms with Crippen LogP contribution in [0.1, 0.15) is 22.5 Å². The summed E-state index contributed by atoms with van der Waals surface area (Å²) in [6.07, 6.45) is 3.37. The molecule has 1 aliphatic carbocycles. The molecule has 0 radical (unpaired) electrons. The summed E-state index contributed by atoms with van der Waals surface area (Å²) in [4.78, 5) is 19.7. The molecule has 4 rings (SSSR count). The van der Waals surface area contributed by atoms with E-state index in [1.54, 1.807) is 6.20 Å². The molecule has 2 aromatic rings. The van der Waals surface area contributed by atoms with Crippen LogP contribution in [-0.2, 0) is 4.74 Å². The first-order valence-corrected chi connectivity index (χ1v) is 8.74. The van der Waals surface area contributed by atoms with Gasteiger partial charge in [0.05, 0.1) is 17.5 Å². The lowest BCUT2D eigenvalue weighted by molar-refractivity contribution is -0.0792. The van der Waals surface area contributed by atoms with Crippen LogP contribution in [0.4, 0.5) is 0 Å². The Kier molecular flexibility index (Phi) is 4.01. The van der Waals surface area contributed by atoms with Crippen LogP contribution in [0.5, 0.6) is 5.88 Å². The lowest BCUT2D eigenvalue weighted by Gasteiger charge is -2.38. The average Bonchev–Trinajstić information content (AvgIpc) is 3.25. The third kappa shape index (κ3) is 2.84. The van der Waals surface area contributed by atoms with E-state index in [9.17, 15) is 4.79 Å². The maximum Gasteiger partial charge on any atom is 0.264 e. The molecule has 2 aromatic heterocycles. The maximum absolute atomic E-state index is 12.7. The third-order valence-electron chi connectivity index (χ3n) is 4.44. The van der Waals surface area contributed by atoms with Crippen molar-refractivity contribution in [3.8, 4) is 5.88 Å². The predicted molar refractivity (Wildman–Crippen MR) is 86.8 cm³/mol. The number of thiophene rings is 1. The lowest BCUT2D eigenvalue weighted by Crippen LogP contribution is -2.54. The zero-order valence-electron chi connectivity index (χ0n) is 12.6. The van der Waals surface area contributed by atoms with Gasteiger partial charge in [-0.1, -0.05) is 12.1 Å². The number of ether oxygens (including phenoxy) is 2. The fourth-order valence-electron chi connectivity index (χ4n) is 3.41. The molecule has 1 saturated heterocycles. The van der Waals surface area contributed by atoms with Crippen LogP contribution in [0.2, 0.25) is 0 Å². The Hall–Kier alpha value is -1.92. The van der Waals surface area contributed by atoms with Crippen molar-refractivity contribution in [1.82, 2.24) is 9.88 Å². The minimum Gasteiger partial charge on any atom is -0.471 e. The highest BCUT2D eigenvalue weighted by atomic mass is 32.1. The summed E-state index contributed by atoms with van der Waals surface area (Å²) in [5.41, 5.74) is 0. The van der Waals surface area contributed by atoms with Crippen LogP contribution in [0.15, 0.2) is 41.9 Å². The Labute approximate surface area is 138 Å². The van der Waals surface area contributed by atoms with Gasteiger partial charge in [-0.05, 0) is 30.4 Å². The monoisotopic (exact) mass is 330 g/mol. The molecule has 3 heterocycles. The van der Waals surface area contributed by atoms with E-state index in [0.717, 1.165) is 17.7 Å². The van der Waals surface area contributed by atoms with Gasteiger partial charge in [0, 0.05) is 18.8 Å². The topological polar surface area (TPSA) is 51.7 Å². The fourth-order valence-corrected chi connectivity index (χ4v) is 4.09. The number of carbonyl (C=O) groups is 1. The van der Waals surface area contributed by atoms with Gasteiger partial charge in [-0.3, -0.25) is 4.79 Å². The van der Waals surface area contributed by atoms with E-state index >= 15 is 0 Å². The first kappa shape index (κ1) is 14.7. The van der Waals surface area contributed by atoms with E-state index in [4.69, 9.17) is 9.47 Å². The second-order valence-electron chi connectivity index (χ2n) is 5.78. The summed E-state index contributed by atoms with van der Waals surface area (Å²) in [7, 11) is 0. The SMILES string of the molecule is O=C(c1cccs1)N1CCO[C@@H]2[C@@H](Oc3ccccn3)CC[C@H]21. The largest absolute Gasteiger partial charge is 0.471 e. The van der Waals surface area contributed by atoms with Gasteiger partial charge >= 0.3 is 0 Å². The Morgan fingerprint density at radius 3 is 3.04 bits per heavy atom. The number of rotatable bonds is 3.